The number of piperidine rings is 1. The van der Waals surface area contributed by atoms with Crippen LogP contribution in [0.3, 0.4) is 0 Å². The molecule has 4 aliphatic carbocycles. The molecule has 0 aromatic heterocycles. The number of nitrogens with one attached hydrogen (secondary N) is 1. The number of likely N-dealkylation sites (tertiary alicyclic amines) is 1. The van der Waals surface area contributed by atoms with Gasteiger partial charge in [-0.3, -0.25) is 0 Å². The van der Waals surface area contributed by atoms with Gasteiger partial charge in [-0.15, -0.1) is 0 Å². The number of nitrogens with zero attached hydrogens (tertiary/aromatic N) is 1. The topological polar surface area (TPSA) is 52.6 Å². The van der Waals surface area contributed by atoms with Crippen LogP contribution in [-0.4, -0.2) is 78.5 Å². The second kappa shape index (κ2) is 11.4. The Morgan fingerprint density at radius 2 is 1.78 bits per heavy atom. The molecular formula is C40H67N2O2P. The molecule has 8 atom stereocenters. The van der Waals surface area contributed by atoms with Gasteiger partial charge in [-0.2, -0.15) is 0 Å². The van der Waals surface area contributed by atoms with Crippen LogP contribution in [0.4, 0.5) is 0 Å². The van der Waals surface area contributed by atoms with Crippen LogP contribution in [0.15, 0.2) is 23.3 Å². The van der Waals surface area contributed by atoms with E-state index in [9.17, 15) is 9.90 Å². The number of fused-ring (bicyclic) bond motifs is 7. The van der Waals surface area contributed by atoms with E-state index in [-0.39, 0.29) is 11.3 Å². The molecule has 3 aliphatic heterocycles. The molecule has 0 aromatic rings. The molecule has 0 aromatic carbocycles. The summed E-state index contributed by atoms with van der Waals surface area (Å²) >= 11 is 0. The van der Waals surface area contributed by atoms with Gasteiger partial charge in [0.1, 0.15) is 0 Å². The third-order valence-electron chi connectivity index (χ3n) is 16.5. The summed E-state index contributed by atoms with van der Waals surface area (Å²) in [5, 5.41) is 13.9. The molecule has 3 saturated heterocycles. The molecule has 2 saturated carbocycles. The third-order valence-corrected chi connectivity index (χ3v) is 23.9. The SMILES string of the molecule is CC1CCN(CCN[C@]23CCC[C@@H]2[C@H]2CCC4[C@@]5(C)CC=C(C6=CC[C@H](C(=O)O)CC6)C(C)(C)C5CCP4(C)(C)C2CC3)CC1. The number of hydrogen-bond donors (Lipinski definition) is 2. The monoisotopic (exact) mass is 638 g/mol. The molecule has 5 fully saturated rings. The van der Waals surface area contributed by atoms with Gasteiger partial charge in [-0.25, -0.2) is 0 Å². The van der Waals surface area contributed by atoms with Gasteiger partial charge >= 0.3 is 277 Å². The number of carbonyl (C=O) groups is 1. The van der Waals surface area contributed by atoms with Crippen molar-refractivity contribution in [3.63, 3.8) is 0 Å². The fourth-order valence-corrected chi connectivity index (χ4v) is 22.2. The molecule has 2 N–H and O–H groups in total. The second-order valence-corrected chi connectivity index (χ2v) is 26.2. The van der Waals surface area contributed by atoms with Gasteiger partial charge in [0.25, 0.3) is 0 Å². The number of hydrogen-bond acceptors (Lipinski definition) is 3. The molecule has 0 spiro atoms. The number of aliphatic carboxylic acids is 1. The molecule has 45 heavy (non-hydrogen) atoms. The van der Waals surface area contributed by atoms with Crippen molar-refractivity contribution in [3.8, 4) is 0 Å². The van der Waals surface area contributed by atoms with Crippen molar-refractivity contribution in [2.45, 2.75) is 134 Å². The summed E-state index contributed by atoms with van der Waals surface area (Å²) in [4.78, 5) is 14.4. The Kier molecular flexibility index (Phi) is 8.34. The molecular weight excluding hydrogens is 571 g/mol. The van der Waals surface area contributed by atoms with Crippen molar-refractivity contribution in [2.75, 3.05) is 45.7 Å². The van der Waals surface area contributed by atoms with E-state index < -0.39 is 12.6 Å². The first-order chi connectivity index (χ1) is 21.3. The Labute approximate surface area is 275 Å². The van der Waals surface area contributed by atoms with Crippen molar-refractivity contribution in [2.24, 2.45) is 40.4 Å². The zero-order chi connectivity index (χ0) is 31.9. The van der Waals surface area contributed by atoms with Gasteiger partial charge in [0.2, 0.25) is 0 Å². The summed E-state index contributed by atoms with van der Waals surface area (Å²) in [6.07, 6.45) is 24.6. The Morgan fingerprint density at radius 1 is 1.00 bits per heavy atom. The molecule has 0 radical (unpaired) electrons. The molecule has 3 unspecified atom stereocenters. The van der Waals surface area contributed by atoms with Crippen molar-refractivity contribution in [3.05, 3.63) is 23.3 Å². The zero-order valence-electron chi connectivity index (χ0n) is 29.9. The zero-order valence-corrected chi connectivity index (χ0v) is 30.8. The maximum absolute atomic E-state index is 11.6. The average molecular weight is 639 g/mol. The average Bonchev–Trinajstić information content (AvgIpc) is 3.42. The van der Waals surface area contributed by atoms with Crippen LogP contribution >= 0.6 is 6.60 Å². The van der Waals surface area contributed by atoms with Crippen LogP contribution in [-0.2, 0) is 4.79 Å². The van der Waals surface area contributed by atoms with E-state index in [1.807, 2.05) is 0 Å². The van der Waals surface area contributed by atoms with Crippen molar-refractivity contribution >= 4 is 12.6 Å². The Hall–Kier alpha value is -0.700. The third kappa shape index (κ3) is 5.19. The van der Waals surface area contributed by atoms with Gasteiger partial charge in [-0.05, 0) is 0 Å². The molecule has 254 valence electrons. The molecule has 7 aliphatic rings. The van der Waals surface area contributed by atoms with Crippen LogP contribution in [0.25, 0.3) is 0 Å². The molecule has 3 heterocycles. The molecule has 4 nitrogen and oxygen atoms in total. The standard InChI is InChI=1S/C40H67N2O2P/c1-28-17-24-42(25-18-28)26-23-41-40-20-7-8-33(40)31-13-14-36-39(4)21-15-32(29-9-11-30(12-10-29)37(43)44)38(2,3)35(39)19-27-45(36,5,6)34(31)16-22-40/h9,15,28,30-31,33-36,41H,7-8,10-14,16-27H2,1-6H3,(H,43,44)/t30-,31+,33+,34?,35?,36?,39-,40-/m0/s1. The molecule has 7 rings (SSSR count). The van der Waals surface area contributed by atoms with E-state index in [1.165, 1.54) is 109 Å². The number of allylic oxidation sites excluding steroid dienone is 4. The second-order valence-electron chi connectivity index (χ2n) is 19.2. The van der Waals surface area contributed by atoms with Gasteiger partial charge in [0.15, 0.2) is 0 Å². The molecule has 5 heteroatoms. The summed E-state index contributed by atoms with van der Waals surface area (Å²) in [5.41, 5.74) is 5.93. The van der Waals surface area contributed by atoms with E-state index in [2.05, 4.69) is 63.4 Å². The fraction of sp³-hybridized carbons (Fsp3) is 0.875. The van der Waals surface area contributed by atoms with Crippen molar-refractivity contribution < 1.29 is 9.90 Å². The van der Waals surface area contributed by atoms with E-state index in [0.717, 1.165) is 47.8 Å². The normalized spacial score (nSPS) is 45.0. The predicted octanol–water partition coefficient (Wildman–Crippen LogP) is 8.79. The van der Waals surface area contributed by atoms with E-state index >= 15 is 0 Å². The van der Waals surface area contributed by atoms with Gasteiger partial charge in [0, 0.05) is 0 Å². The minimum atomic E-state index is -1.96. The van der Waals surface area contributed by atoms with Gasteiger partial charge in [0.05, 0.1) is 0 Å². The molecule has 0 bridgehead atoms. The molecule has 0 amide bonds. The summed E-state index contributed by atoms with van der Waals surface area (Å²) in [6, 6.07) is 0. The summed E-state index contributed by atoms with van der Waals surface area (Å²) in [5.74, 6) is 2.70. The first-order valence-corrected chi connectivity index (χ1v) is 22.8. The van der Waals surface area contributed by atoms with Crippen molar-refractivity contribution in [1.82, 2.24) is 10.2 Å². The summed E-state index contributed by atoms with van der Waals surface area (Å²) < 4.78 is 0. The van der Waals surface area contributed by atoms with E-state index in [4.69, 9.17) is 0 Å². The number of carboxylic acid groups (broad SMARTS) is 1. The van der Waals surface area contributed by atoms with Gasteiger partial charge in [-0.1, -0.05) is 0 Å². The Balaban J connectivity index is 1.09. The Bertz CT molecular complexity index is 1230. The first-order valence-electron chi connectivity index (χ1n) is 19.4. The predicted molar refractivity (Wildman–Crippen MR) is 192 cm³/mol. The van der Waals surface area contributed by atoms with Gasteiger partial charge < -0.3 is 0 Å². The maximum atomic E-state index is 11.6. The van der Waals surface area contributed by atoms with E-state index in [1.54, 1.807) is 5.57 Å². The van der Waals surface area contributed by atoms with Crippen LogP contribution < -0.4 is 5.32 Å². The number of rotatable bonds is 6. The van der Waals surface area contributed by atoms with Crippen LogP contribution in [0.5, 0.6) is 0 Å². The fourth-order valence-electron chi connectivity index (χ4n) is 14.2. The first kappa shape index (κ1) is 32.8. The Morgan fingerprint density at radius 3 is 2.49 bits per heavy atom. The quantitative estimate of drug-likeness (QED) is 0.286. The van der Waals surface area contributed by atoms with Crippen molar-refractivity contribution in [1.29, 1.82) is 0 Å². The van der Waals surface area contributed by atoms with Crippen LogP contribution in [0.1, 0.15) is 118 Å². The van der Waals surface area contributed by atoms with E-state index in [0.29, 0.717) is 17.4 Å². The van der Waals surface area contributed by atoms with Crippen LogP contribution in [0.2, 0.25) is 0 Å². The van der Waals surface area contributed by atoms with Crippen LogP contribution in [0, 0.1) is 40.4 Å². The minimum absolute atomic E-state index is 0.167. The number of carboxylic acids is 1. The summed E-state index contributed by atoms with van der Waals surface area (Å²) in [7, 11) is 0. The summed E-state index contributed by atoms with van der Waals surface area (Å²) in [6.45, 7) is 19.2.